The molecule has 0 radical (unpaired) electrons. The molecule has 8 heterocycles. The van der Waals surface area contributed by atoms with Gasteiger partial charge in [0.1, 0.15) is 11.6 Å². The molecular formula is C77H45N13. The summed E-state index contributed by atoms with van der Waals surface area (Å²) in [7, 11) is 0. The lowest BCUT2D eigenvalue weighted by atomic mass is 9.93. The molecule has 18 aromatic rings. The number of para-hydroxylation sites is 4. The van der Waals surface area contributed by atoms with E-state index in [0.29, 0.717) is 40.2 Å². The van der Waals surface area contributed by atoms with Crippen LogP contribution in [-0.2, 0) is 0 Å². The lowest BCUT2D eigenvalue weighted by Crippen LogP contribution is -2.16. The molecule has 8 aromatic heterocycles. The second kappa shape index (κ2) is 20.2. The van der Waals surface area contributed by atoms with Gasteiger partial charge in [-0.05, 0) is 127 Å². The van der Waals surface area contributed by atoms with Crippen molar-refractivity contribution < 1.29 is 0 Å². The van der Waals surface area contributed by atoms with Crippen molar-refractivity contribution in [2.24, 2.45) is 0 Å². The van der Waals surface area contributed by atoms with E-state index in [1.165, 1.54) is 0 Å². The quantitative estimate of drug-likeness (QED) is 0.138. The number of nitrogens with zero attached hydrogens (tertiary/aromatic N) is 13. The Kier molecular flexibility index (Phi) is 11.3. The molecular weight excluding hydrogens is 1110 g/mol. The molecule has 0 fully saturated rings. The van der Waals surface area contributed by atoms with E-state index in [1.54, 1.807) is 49.6 Å². The normalized spacial score (nSPS) is 11.8. The zero-order chi connectivity index (χ0) is 59.4. The molecule has 0 aliphatic rings. The first-order chi connectivity index (χ1) is 44.7. The molecule has 0 saturated carbocycles. The molecule has 0 spiro atoms. The SMILES string of the molecule is N#Cc1c(-n2c3ccccc3c3ccccc32)c(-n2c3ccc(-c4ncccn4)cc3c3cc(-c4ncccn4)ccc32)c(-c2ccccc2)c(-n2c3ccc(-c4ncccn4)cc3c3cc(-c4ncccn4)ccc32)c1-n1c2ccccc2c2ccccc21. The highest BCUT2D eigenvalue weighted by Gasteiger charge is 2.35. The van der Waals surface area contributed by atoms with Gasteiger partial charge in [0, 0.05) is 120 Å². The summed E-state index contributed by atoms with van der Waals surface area (Å²) >= 11 is 0. The zero-order valence-electron chi connectivity index (χ0n) is 47.8. The zero-order valence-corrected chi connectivity index (χ0v) is 47.8. The maximum Gasteiger partial charge on any atom is 0.159 e. The maximum absolute atomic E-state index is 13.1. The predicted octanol–water partition coefficient (Wildman–Crippen LogP) is 17.4. The third-order valence-electron chi connectivity index (χ3n) is 17.5. The Hall–Kier alpha value is -12.8. The molecule has 418 valence electrons. The van der Waals surface area contributed by atoms with Crippen molar-refractivity contribution in [1.82, 2.24) is 58.1 Å². The lowest BCUT2D eigenvalue weighted by molar-refractivity contribution is 1.04. The van der Waals surface area contributed by atoms with E-state index in [-0.39, 0.29) is 0 Å². The van der Waals surface area contributed by atoms with Crippen molar-refractivity contribution in [3.05, 3.63) is 280 Å². The van der Waals surface area contributed by atoms with E-state index < -0.39 is 0 Å². The Balaban J connectivity index is 1.12. The number of hydrogen-bond acceptors (Lipinski definition) is 9. The van der Waals surface area contributed by atoms with Crippen LogP contribution in [0.4, 0.5) is 0 Å². The topological polar surface area (TPSA) is 147 Å². The first-order valence-corrected chi connectivity index (χ1v) is 29.6. The van der Waals surface area contributed by atoms with Gasteiger partial charge in [-0.2, -0.15) is 5.26 Å². The first-order valence-electron chi connectivity index (χ1n) is 29.6. The van der Waals surface area contributed by atoms with Gasteiger partial charge in [0.25, 0.3) is 0 Å². The highest BCUT2D eigenvalue weighted by Crippen LogP contribution is 2.52. The van der Waals surface area contributed by atoms with Crippen LogP contribution < -0.4 is 0 Å². The maximum atomic E-state index is 13.1. The fourth-order valence-corrected chi connectivity index (χ4v) is 13.8. The first kappa shape index (κ1) is 50.5. The van der Waals surface area contributed by atoms with Crippen molar-refractivity contribution in [2.75, 3.05) is 0 Å². The molecule has 0 saturated heterocycles. The molecule has 13 nitrogen and oxygen atoms in total. The third-order valence-corrected chi connectivity index (χ3v) is 17.5. The standard InChI is InChI=1S/C77H45N13/c78-46-60-70(87-61-22-8-4-18-52(61)53-19-5-9-23-62(53)87)72(89-65-30-26-48(74-79-34-12-35-80-74)42-56(65)57-43-49(27-31-66(57)89)75-81-36-13-37-82-75)69(47-16-2-1-3-17-47)73(71(60)88-63-24-10-6-20-54(63)55-21-7-11-25-64(55)88)90-67-32-28-50(76-83-38-14-39-84-76)44-58(67)59-45-51(29-33-68(59)90)77-85-40-15-41-86-77/h1-45H. The molecule has 10 aromatic carbocycles. The van der Waals surface area contributed by atoms with E-state index in [2.05, 4.69) is 225 Å². The smallest absolute Gasteiger partial charge is 0.159 e. The van der Waals surface area contributed by atoms with E-state index in [9.17, 15) is 5.26 Å². The van der Waals surface area contributed by atoms with Crippen LogP contribution in [0.2, 0.25) is 0 Å². The molecule has 0 bridgehead atoms. The number of hydrogen-bond donors (Lipinski definition) is 0. The summed E-state index contributed by atoms with van der Waals surface area (Å²) in [6.45, 7) is 0. The minimum Gasteiger partial charge on any atom is -0.306 e. The fraction of sp³-hybridized carbons (Fsp3) is 0. The summed E-state index contributed by atoms with van der Waals surface area (Å²) in [4.78, 5) is 38.1. The van der Waals surface area contributed by atoms with Gasteiger partial charge in [0.2, 0.25) is 0 Å². The van der Waals surface area contributed by atoms with E-state index in [1.807, 2.05) is 24.3 Å². The minimum atomic E-state index is 0.440. The third kappa shape index (κ3) is 7.62. The summed E-state index contributed by atoms with van der Waals surface area (Å²) in [5, 5.41) is 21.1. The molecule has 90 heavy (non-hydrogen) atoms. The molecule has 13 heteroatoms. The largest absolute Gasteiger partial charge is 0.306 e. The Morgan fingerprint density at radius 2 is 0.489 bits per heavy atom. The number of rotatable bonds is 9. The van der Waals surface area contributed by atoms with Gasteiger partial charge in [-0.1, -0.05) is 103 Å². The highest BCUT2D eigenvalue weighted by molar-refractivity contribution is 6.18. The number of benzene rings is 10. The second-order valence-electron chi connectivity index (χ2n) is 22.2. The van der Waals surface area contributed by atoms with Crippen LogP contribution in [0.3, 0.4) is 0 Å². The number of aromatic nitrogens is 12. The molecule has 0 aliphatic carbocycles. The van der Waals surface area contributed by atoms with Crippen molar-refractivity contribution in [2.45, 2.75) is 0 Å². The van der Waals surface area contributed by atoms with Gasteiger partial charge in [-0.15, -0.1) is 0 Å². The van der Waals surface area contributed by atoms with Crippen LogP contribution >= 0.6 is 0 Å². The molecule has 0 unspecified atom stereocenters. The summed E-state index contributed by atoms with van der Waals surface area (Å²) in [6, 6.07) is 81.1. The van der Waals surface area contributed by atoms with Crippen molar-refractivity contribution in [3.8, 4) is 85.5 Å². The number of nitriles is 1. The van der Waals surface area contributed by atoms with Crippen molar-refractivity contribution >= 4 is 87.2 Å². The highest BCUT2D eigenvalue weighted by atomic mass is 15.1. The van der Waals surface area contributed by atoms with Gasteiger partial charge in [0.05, 0.1) is 66.9 Å². The molecule has 0 atom stereocenters. The molecule has 0 aliphatic heterocycles. The average Bonchev–Trinajstić information content (AvgIpc) is 1.47. The van der Waals surface area contributed by atoms with Gasteiger partial charge in [-0.25, -0.2) is 39.9 Å². The van der Waals surface area contributed by atoms with Crippen LogP contribution in [0, 0.1) is 11.3 Å². The molecule has 0 N–H and O–H groups in total. The van der Waals surface area contributed by atoms with Crippen LogP contribution in [0.25, 0.3) is 167 Å². The second-order valence-corrected chi connectivity index (χ2v) is 22.2. The monoisotopic (exact) mass is 1150 g/mol. The van der Waals surface area contributed by atoms with Crippen LogP contribution in [0.1, 0.15) is 5.56 Å². The summed E-state index contributed by atoms with van der Waals surface area (Å²) in [5.41, 5.74) is 15.8. The van der Waals surface area contributed by atoms with Gasteiger partial charge in [0.15, 0.2) is 23.3 Å². The summed E-state index contributed by atoms with van der Waals surface area (Å²) < 4.78 is 9.46. The summed E-state index contributed by atoms with van der Waals surface area (Å²) in [6.07, 6.45) is 14.2. The molecule has 18 rings (SSSR count). The fourth-order valence-electron chi connectivity index (χ4n) is 13.8. The van der Waals surface area contributed by atoms with Gasteiger partial charge >= 0.3 is 0 Å². The van der Waals surface area contributed by atoms with E-state index >= 15 is 0 Å². The van der Waals surface area contributed by atoms with Crippen LogP contribution in [0.5, 0.6) is 0 Å². The van der Waals surface area contributed by atoms with Gasteiger partial charge < -0.3 is 18.3 Å². The van der Waals surface area contributed by atoms with Crippen LogP contribution in [0.15, 0.2) is 274 Å². The Bertz CT molecular complexity index is 5330. The predicted molar refractivity (Wildman–Crippen MR) is 358 cm³/mol. The van der Waals surface area contributed by atoms with E-state index in [0.717, 1.165) is 132 Å². The van der Waals surface area contributed by atoms with Gasteiger partial charge in [-0.3, -0.25) is 0 Å². The Morgan fingerprint density at radius 1 is 0.233 bits per heavy atom. The van der Waals surface area contributed by atoms with Crippen molar-refractivity contribution in [1.29, 1.82) is 5.26 Å². The summed E-state index contributed by atoms with van der Waals surface area (Å²) in [5.74, 6) is 2.38. The minimum absolute atomic E-state index is 0.440. The average molecular weight is 1150 g/mol. The van der Waals surface area contributed by atoms with E-state index in [4.69, 9.17) is 39.9 Å². The Morgan fingerprint density at radius 3 is 0.778 bits per heavy atom. The van der Waals surface area contributed by atoms with Crippen LogP contribution in [-0.4, -0.2) is 58.1 Å². The van der Waals surface area contributed by atoms with Crippen molar-refractivity contribution in [3.63, 3.8) is 0 Å². The molecule has 0 amide bonds. The lowest BCUT2D eigenvalue weighted by Gasteiger charge is -2.29. The Labute approximate surface area is 513 Å². The number of fused-ring (bicyclic) bond motifs is 12.